The maximum absolute atomic E-state index is 12.1. The van der Waals surface area contributed by atoms with Gasteiger partial charge in [0.15, 0.2) is 0 Å². The maximum atomic E-state index is 12.1. The number of nitrogens with zero attached hydrogens (tertiary/aromatic N) is 4. The van der Waals surface area contributed by atoms with Crippen molar-refractivity contribution >= 4 is 18.3 Å². The Kier molecular flexibility index (Phi) is 6.61. The molecule has 3 rings (SSSR count). The number of aryl methyl sites for hydroxylation is 1. The molecule has 1 atom stereocenters. The largest absolute Gasteiger partial charge is 0.351 e. The van der Waals surface area contributed by atoms with E-state index in [1.165, 1.54) is 0 Å². The van der Waals surface area contributed by atoms with E-state index >= 15 is 0 Å². The molecular formula is C15H23ClN6O. The second-order valence-corrected chi connectivity index (χ2v) is 5.56. The van der Waals surface area contributed by atoms with Crippen LogP contribution < -0.4 is 10.6 Å². The number of rotatable bonds is 6. The van der Waals surface area contributed by atoms with Crippen LogP contribution in [-0.4, -0.2) is 45.1 Å². The topological polar surface area (TPSA) is 76.8 Å². The van der Waals surface area contributed by atoms with Crippen molar-refractivity contribution < 1.29 is 4.79 Å². The molecule has 1 unspecified atom stereocenters. The third-order valence-electron chi connectivity index (χ3n) is 3.89. The summed E-state index contributed by atoms with van der Waals surface area (Å²) in [5.74, 6) is -0.108. The zero-order valence-electron chi connectivity index (χ0n) is 13.0. The molecule has 3 heterocycles. The number of nitrogens with one attached hydrogen (secondary N) is 2. The van der Waals surface area contributed by atoms with Crippen LogP contribution in [0, 0.1) is 0 Å². The van der Waals surface area contributed by atoms with Crippen molar-refractivity contribution in [3.63, 3.8) is 0 Å². The zero-order valence-corrected chi connectivity index (χ0v) is 13.8. The summed E-state index contributed by atoms with van der Waals surface area (Å²) >= 11 is 0. The van der Waals surface area contributed by atoms with E-state index in [1.54, 1.807) is 12.3 Å². The number of aromatic nitrogens is 4. The number of halogens is 1. The van der Waals surface area contributed by atoms with Gasteiger partial charge in [0, 0.05) is 38.2 Å². The molecule has 0 radical (unpaired) electrons. The summed E-state index contributed by atoms with van der Waals surface area (Å²) < 4.78 is 3.77. The second-order valence-electron chi connectivity index (χ2n) is 5.56. The lowest BCUT2D eigenvalue weighted by Crippen LogP contribution is -2.32. The molecule has 1 aliphatic heterocycles. The lowest BCUT2D eigenvalue weighted by Gasteiger charge is -2.22. The lowest BCUT2D eigenvalue weighted by molar-refractivity contribution is 0.0946. The Morgan fingerprint density at radius 2 is 2.35 bits per heavy atom. The van der Waals surface area contributed by atoms with Gasteiger partial charge in [-0.05, 0) is 37.9 Å². The summed E-state index contributed by atoms with van der Waals surface area (Å²) in [6, 6.07) is 4.04. The fourth-order valence-electron chi connectivity index (χ4n) is 2.69. The number of hydrogen-bond acceptors (Lipinski definition) is 4. The molecule has 2 aromatic rings. The first kappa shape index (κ1) is 17.5. The van der Waals surface area contributed by atoms with Gasteiger partial charge in [-0.15, -0.1) is 12.4 Å². The van der Waals surface area contributed by atoms with Gasteiger partial charge in [-0.25, -0.2) is 0 Å². The minimum Gasteiger partial charge on any atom is -0.351 e. The van der Waals surface area contributed by atoms with Gasteiger partial charge in [0.25, 0.3) is 5.91 Å². The van der Waals surface area contributed by atoms with Gasteiger partial charge in [0.05, 0.1) is 6.04 Å². The fourth-order valence-corrected chi connectivity index (χ4v) is 2.69. The zero-order chi connectivity index (χ0) is 15.2. The Morgan fingerprint density at radius 1 is 1.43 bits per heavy atom. The van der Waals surface area contributed by atoms with Crippen LogP contribution in [0.5, 0.6) is 0 Å². The fraction of sp³-hybridized carbons (Fsp3) is 0.533. The van der Waals surface area contributed by atoms with Crippen molar-refractivity contribution in [2.45, 2.75) is 31.8 Å². The first-order valence-electron chi connectivity index (χ1n) is 7.84. The predicted molar refractivity (Wildman–Crippen MR) is 89.8 cm³/mol. The van der Waals surface area contributed by atoms with Gasteiger partial charge in [-0.1, -0.05) is 0 Å². The number of amides is 1. The predicted octanol–water partition coefficient (Wildman–Crippen LogP) is 1.25. The molecule has 1 aliphatic rings. The van der Waals surface area contributed by atoms with E-state index in [4.69, 9.17) is 0 Å². The number of hydrogen-bond donors (Lipinski definition) is 2. The SMILES string of the molecule is Cl.O=C(NCCCn1cccn1)c1ccn(C2CCCNC2)n1. The van der Waals surface area contributed by atoms with Gasteiger partial charge in [-0.3, -0.25) is 14.2 Å². The summed E-state index contributed by atoms with van der Waals surface area (Å²) in [6.07, 6.45) is 8.68. The first-order chi connectivity index (χ1) is 10.8. The average Bonchev–Trinajstić information content (AvgIpc) is 3.24. The quantitative estimate of drug-likeness (QED) is 0.777. The number of piperidine rings is 1. The van der Waals surface area contributed by atoms with E-state index in [0.717, 1.165) is 38.9 Å². The van der Waals surface area contributed by atoms with Crippen molar-refractivity contribution in [2.75, 3.05) is 19.6 Å². The molecule has 0 spiro atoms. The van der Waals surface area contributed by atoms with Crippen LogP contribution in [0.3, 0.4) is 0 Å². The Morgan fingerprint density at radius 3 is 3.09 bits per heavy atom. The summed E-state index contributed by atoms with van der Waals surface area (Å²) in [6.45, 7) is 3.42. The smallest absolute Gasteiger partial charge is 0.271 e. The van der Waals surface area contributed by atoms with E-state index < -0.39 is 0 Å². The average molecular weight is 339 g/mol. The number of carbonyl (C=O) groups excluding carboxylic acids is 1. The van der Waals surface area contributed by atoms with Gasteiger partial charge in [0.2, 0.25) is 0 Å². The maximum Gasteiger partial charge on any atom is 0.271 e. The van der Waals surface area contributed by atoms with Crippen LogP contribution >= 0.6 is 12.4 Å². The Labute approximate surface area is 141 Å². The summed E-state index contributed by atoms with van der Waals surface area (Å²) in [5.41, 5.74) is 0.490. The van der Waals surface area contributed by atoms with Gasteiger partial charge in [-0.2, -0.15) is 10.2 Å². The molecule has 2 N–H and O–H groups in total. The number of carbonyl (C=O) groups is 1. The highest BCUT2D eigenvalue weighted by Gasteiger charge is 2.17. The van der Waals surface area contributed by atoms with Crippen LogP contribution in [0.25, 0.3) is 0 Å². The van der Waals surface area contributed by atoms with Crippen molar-refractivity contribution in [3.8, 4) is 0 Å². The van der Waals surface area contributed by atoms with E-state index in [1.807, 2.05) is 27.8 Å². The minimum absolute atomic E-state index is 0. The Bertz CT molecular complexity index is 591. The summed E-state index contributed by atoms with van der Waals surface area (Å²) in [7, 11) is 0. The molecule has 7 nitrogen and oxygen atoms in total. The normalized spacial score (nSPS) is 17.5. The molecule has 126 valence electrons. The van der Waals surface area contributed by atoms with E-state index in [-0.39, 0.29) is 18.3 Å². The van der Waals surface area contributed by atoms with Crippen LogP contribution in [0.4, 0.5) is 0 Å². The minimum atomic E-state index is -0.108. The molecule has 23 heavy (non-hydrogen) atoms. The first-order valence-corrected chi connectivity index (χ1v) is 7.84. The Hall–Kier alpha value is -1.86. The summed E-state index contributed by atoms with van der Waals surface area (Å²) in [4.78, 5) is 12.1. The molecule has 0 saturated carbocycles. The van der Waals surface area contributed by atoms with E-state index in [0.29, 0.717) is 18.3 Å². The van der Waals surface area contributed by atoms with Crippen LogP contribution in [0.1, 0.15) is 35.8 Å². The molecule has 0 aromatic carbocycles. The van der Waals surface area contributed by atoms with Crippen LogP contribution in [0.2, 0.25) is 0 Å². The molecule has 0 bridgehead atoms. The van der Waals surface area contributed by atoms with Crippen molar-refractivity contribution in [1.82, 2.24) is 30.2 Å². The highest BCUT2D eigenvalue weighted by Crippen LogP contribution is 2.15. The molecule has 8 heteroatoms. The van der Waals surface area contributed by atoms with Gasteiger partial charge in [0.1, 0.15) is 5.69 Å². The van der Waals surface area contributed by atoms with Crippen molar-refractivity contribution in [3.05, 3.63) is 36.4 Å². The third kappa shape index (κ3) is 4.80. The highest BCUT2D eigenvalue weighted by molar-refractivity contribution is 5.92. The van der Waals surface area contributed by atoms with Crippen molar-refractivity contribution in [1.29, 1.82) is 0 Å². The van der Waals surface area contributed by atoms with Crippen LogP contribution in [0.15, 0.2) is 30.7 Å². The lowest BCUT2D eigenvalue weighted by atomic mass is 10.1. The van der Waals surface area contributed by atoms with E-state index in [9.17, 15) is 4.79 Å². The molecular weight excluding hydrogens is 316 g/mol. The summed E-state index contributed by atoms with van der Waals surface area (Å²) in [5, 5.41) is 14.8. The van der Waals surface area contributed by atoms with Gasteiger partial charge >= 0.3 is 0 Å². The third-order valence-corrected chi connectivity index (χ3v) is 3.89. The molecule has 0 aliphatic carbocycles. The molecule has 2 aromatic heterocycles. The molecule has 1 amide bonds. The van der Waals surface area contributed by atoms with Crippen molar-refractivity contribution in [2.24, 2.45) is 0 Å². The van der Waals surface area contributed by atoms with Crippen LogP contribution in [-0.2, 0) is 6.54 Å². The van der Waals surface area contributed by atoms with E-state index in [2.05, 4.69) is 20.8 Å². The Balaban J connectivity index is 0.00000192. The monoisotopic (exact) mass is 338 g/mol. The van der Waals surface area contributed by atoms with Gasteiger partial charge < -0.3 is 10.6 Å². The standard InChI is InChI=1S/C15H22N6O.ClH/c22-15(17-7-2-9-20-10-3-8-18-20)14-5-11-21(19-14)13-4-1-6-16-12-13;/h3,5,8,10-11,13,16H,1-2,4,6-7,9,12H2,(H,17,22);1H. The molecule has 1 saturated heterocycles. The molecule has 1 fully saturated rings. The highest BCUT2D eigenvalue weighted by atomic mass is 35.5. The second kappa shape index (κ2) is 8.69.